The third kappa shape index (κ3) is 4.43. The largest absolute Gasteiger partial charge is 0.507 e. The Morgan fingerprint density at radius 3 is 2.62 bits per heavy atom. The van der Waals surface area contributed by atoms with E-state index in [1.54, 1.807) is 60.7 Å². The molecule has 2 heterocycles. The van der Waals surface area contributed by atoms with Crippen molar-refractivity contribution in [2.45, 2.75) is 26.3 Å². The number of carbonyl (C=O) groups excluding carboxylic acids is 3. The van der Waals surface area contributed by atoms with Crippen molar-refractivity contribution in [3.8, 4) is 5.75 Å². The third-order valence-corrected chi connectivity index (χ3v) is 5.28. The van der Waals surface area contributed by atoms with Crippen molar-refractivity contribution >= 4 is 34.7 Å². The minimum atomic E-state index is -0.997. The van der Waals surface area contributed by atoms with Crippen molar-refractivity contribution in [2.75, 3.05) is 16.8 Å². The fourth-order valence-electron chi connectivity index (χ4n) is 3.86. The number of nitrogens with one attached hydrogen (secondary N) is 1. The number of nitrogens with zero attached hydrogens (tertiary/aromatic N) is 1. The number of furan rings is 1. The van der Waals surface area contributed by atoms with Gasteiger partial charge in [0.05, 0.1) is 18.4 Å². The molecule has 0 spiro atoms. The fraction of sp³-hybridized carbons (Fsp3) is 0.192. The first kappa shape index (κ1) is 22.8. The third-order valence-electron chi connectivity index (χ3n) is 5.28. The smallest absolute Gasteiger partial charge is 0.300 e. The average Bonchev–Trinajstić information content (AvgIpc) is 3.44. The molecular formula is C26H24N2O6. The molecule has 0 saturated carbocycles. The number of anilines is 2. The van der Waals surface area contributed by atoms with Gasteiger partial charge in [-0.25, -0.2) is 0 Å². The number of aliphatic hydroxyl groups is 1. The number of amides is 2. The summed E-state index contributed by atoms with van der Waals surface area (Å²) in [7, 11) is 0. The highest BCUT2D eigenvalue weighted by atomic mass is 16.5. The molecule has 0 bridgehead atoms. The van der Waals surface area contributed by atoms with Crippen molar-refractivity contribution in [1.82, 2.24) is 0 Å². The molecule has 1 aliphatic rings. The summed E-state index contributed by atoms with van der Waals surface area (Å²) in [5.41, 5.74) is 1.08. The lowest BCUT2D eigenvalue weighted by atomic mass is 9.99. The molecule has 1 aliphatic heterocycles. The Hall–Kier alpha value is -4.33. The zero-order valence-electron chi connectivity index (χ0n) is 18.8. The quantitative estimate of drug-likeness (QED) is 0.302. The van der Waals surface area contributed by atoms with Gasteiger partial charge >= 0.3 is 0 Å². The van der Waals surface area contributed by atoms with E-state index in [2.05, 4.69) is 5.32 Å². The molecule has 1 aromatic heterocycles. The van der Waals surface area contributed by atoms with Crippen molar-refractivity contribution in [2.24, 2.45) is 0 Å². The predicted octanol–water partition coefficient (Wildman–Crippen LogP) is 4.65. The normalized spacial score (nSPS) is 17.1. The molecule has 1 saturated heterocycles. The second-order valence-corrected chi connectivity index (χ2v) is 7.79. The lowest BCUT2D eigenvalue weighted by Gasteiger charge is -2.24. The van der Waals surface area contributed by atoms with E-state index >= 15 is 0 Å². The average molecular weight is 460 g/mol. The van der Waals surface area contributed by atoms with Gasteiger partial charge in [-0.2, -0.15) is 0 Å². The molecular weight excluding hydrogens is 436 g/mol. The van der Waals surface area contributed by atoms with Crippen LogP contribution in [-0.2, 0) is 14.4 Å². The number of ketones is 1. The van der Waals surface area contributed by atoms with Crippen molar-refractivity contribution in [1.29, 1.82) is 0 Å². The molecule has 8 nitrogen and oxygen atoms in total. The Morgan fingerprint density at radius 2 is 1.91 bits per heavy atom. The second-order valence-electron chi connectivity index (χ2n) is 7.79. The van der Waals surface area contributed by atoms with Crippen molar-refractivity contribution in [3.05, 3.63) is 83.8 Å². The van der Waals surface area contributed by atoms with E-state index in [9.17, 15) is 19.5 Å². The Kier molecular flexibility index (Phi) is 6.49. The van der Waals surface area contributed by atoms with Gasteiger partial charge in [-0.05, 0) is 48.9 Å². The molecule has 2 amide bonds. The van der Waals surface area contributed by atoms with Crippen LogP contribution in [0.4, 0.5) is 11.4 Å². The fourth-order valence-corrected chi connectivity index (χ4v) is 3.86. The summed E-state index contributed by atoms with van der Waals surface area (Å²) in [6, 6.07) is 15.6. The number of carbonyl (C=O) groups is 3. The van der Waals surface area contributed by atoms with Crippen LogP contribution < -0.4 is 15.0 Å². The van der Waals surface area contributed by atoms with Crippen LogP contribution in [0.2, 0.25) is 0 Å². The molecule has 1 unspecified atom stereocenters. The van der Waals surface area contributed by atoms with E-state index in [0.29, 0.717) is 35.1 Å². The Bertz CT molecular complexity index is 1260. The van der Waals surface area contributed by atoms with Crippen LogP contribution in [0.1, 0.15) is 37.6 Å². The SMILES string of the molecule is CCCOc1cccc(/C(O)=C2/C(=O)C(=O)N(c3cccc(NC(C)=O)c3)C2c2ccco2)c1. The molecule has 34 heavy (non-hydrogen) atoms. The molecule has 8 heteroatoms. The summed E-state index contributed by atoms with van der Waals surface area (Å²) < 4.78 is 11.2. The molecule has 1 atom stereocenters. The Labute approximate surface area is 196 Å². The number of aliphatic hydroxyl groups excluding tert-OH is 1. The minimum Gasteiger partial charge on any atom is -0.507 e. The van der Waals surface area contributed by atoms with Gasteiger partial charge in [0.15, 0.2) is 0 Å². The van der Waals surface area contributed by atoms with E-state index in [1.807, 2.05) is 6.92 Å². The van der Waals surface area contributed by atoms with E-state index in [1.165, 1.54) is 18.1 Å². The van der Waals surface area contributed by atoms with E-state index in [0.717, 1.165) is 6.42 Å². The molecule has 1 fully saturated rings. The van der Waals surface area contributed by atoms with Crippen LogP contribution in [0, 0.1) is 0 Å². The van der Waals surface area contributed by atoms with Crippen LogP contribution in [0.5, 0.6) is 5.75 Å². The first-order chi connectivity index (χ1) is 16.4. The molecule has 0 aliphatic carbocycles. The van der Waals surface area contributed by atoms with Gasteiger partial charge in [-0.1, -0.05) is 25.1 Å². The first-order valence-corrected chi connectivity index (χ1v) is 10.9. The maximum atomic E-state index is 13.2. The van der Waals surface area contributed by atoms with Gasteiger partial charge in [0.1, 0.15) is 23.3 Å². The molecule has 4 rings (SSSR count). The van der Waals surface area contributed by atoms with Crippen LogP contribution >= 0.6 is 0 Å². The number of hydrogen-bond acceptors (Lipinski definition) is 6. The van der Waals surface area contributed by atoms with Gasteiger partial charge < -0.3 is 19.6 Å². The maximum Gasteiger partial charge on any atom is 0.300 e. The monoisotopic (exact) mass is 460 g/mol. The Morgan fingerprint density at radius 1 is 1.12 bits per heavy atom. The lowest BCUT2D eigenvalue weighted by molar-refractivity contribution is -0.132. The number of benzene rings is 2. The van der Waals surface area contributed by atoms with Crippen molar-refractivity contribution in [3.63, 3.8) is 0 Å². The number of Topliss-reactive ketones (excluding diaryl/α,β-unsaturated/α-hetero) is 1. The summed E-state index contributed by atoms with van der Waals surface area (Å²) in [6.45, 7) is 3.86. The summed E-state index contributed by atoms with van der Waals surface area (Å²) in [5.74, 6) is -1.42. The second kappa shape index (κ2) is 9.66. The van der Waals surface area contributed by atoms with Gasteiger partial charge in [0.25, 0.3) is 11.7 Å². The summed E-state index contributed by atoms with van der Waals surface area (Å²) >= 11 is 0. The standard InChI is InChI=1S/C26H24N2O6/c1-3-12-33-20-10-4-7-17(14-20)24(30)22-23(21-11-6-13-34-21)28(26(32)25(22)31)19-9-5-8-18(15-19)27-16(2)29/h4-11,13-15,23,30H,3,12H2,1-2H3,(H,27,29)/b24-22-. The van der Waals surface area contributed by atoms with Crippen LogP contribution in [-0.4, -0.2) is 29.3 Å². The van der Waals surface area contributed by atoms with E-state index in [4.69, 9.17) is 9.15 Å². The van der Waals surface area contributed by atoms with Gasteiger partial charge in [-0.3, -0.25) is 19.3 Å². The zero-order valence-corrected chi connectivity index (χ0v) is 18.8. The minimum absolute atomic E-state index is 0.0995. The van der Waals surface area contributed by atoms with E-state index < -0.39 is 17.7 Å². The summed E-state index contributed by atoms with van der Waals surface area (Å²) in [4.78, 5) is 39.1. The molecule has 2 N–H and O–H groups in total. The first-order valence-electron chi connectivity index (χ1n) is 10.9. The van der Waals surface area contributed by atoms with Crippen molar-refractivity contribution < 1.29 is 28.6 Å². The highest BCUT2D eigenvalue weighted by molar-refractivity contribution is 6.51. The Balaban J connectivity index is 1.83. The van der Waals surface area contributed by atoms with Crippen LogP contribution in [0.3, 0.4) is 0 Å². The maximum absolute atomic E-state index is 13.2. The van der Waals surface area contributed by atoms with E-state index in [-0.39, 0.29) is 17.2 Å². The highest BCUT2D eigenvalue weighted by Crippen LogP contribution is 2.43. The van der Waals surface area contributed by atoms with Gasteiger partial charge in [0, 0.05) is 23.9 Å². The van der Waals surface area contributed by atoms with Gasteiger partial charge in [-0.15, -0.1) is 0 Å². The topological polar surface area (TPSA) is 109 Å². The lowest BCUT2D eigenvalue weighted by Crippen LogP contribution is -2.29. The highest BCUT2D eigenvalue weighted by Gasteiger charge is 2.48. The molecule has 174 valence electrons. The number of rotatable bonds is 7. The van der Waals surface area contributed by atoms with Gasteiger partial charge in [0.2, 0.25) is 5.91 Å². The number of ether oxygens (including phenoxy) is 1. The molecule has 2 aromatic carbocycles. The zero-order chi connectivity index (χ0) is 24.2. The van der Waals surface area contributed by atoms with Crippen LogP contribution in [0.25, 0.3) is 5.76 Å². The molecule has 0 radical (unpaired) electrons. The van der Waals surface area contributed by atoms with Crippen LogP contribution in [0.15, 0.2) is 76.9 Å². The summed E-state index contributed by atoms with van der Waals surface area (Å²) in [6.07, 6.45) is 2.25. The number of hydrogen-bond donors (Lipinski definition) is 2. The predicted molar refractivity (Wildman–Crippen MR) is 126 cm³/mol. The summed E-state index contributed by atoms with van der Waals surface area (Å²) in [5, 5.41) is 13.9. The molecule has 3 aromatic rings.